The Labute approximate surface area is 137 Å². The summed E-state index contributed by atoms with van der Waals surface area (Å²) >= 11 is 1.62. The summed E-state index contributed by atoms with van der Waals surface area (Å²) in [6.07, 6.45) is 4.08. The van der Waals surface area contributed by atoms with Crippen LogP contribution in [0.4, 0.5) is 10.8 Å². The van der Waals surface area contributed by atoms with Crippen LogP contribution in [0, 0.1) is 0 Å². The third-order valence-corrected chi connectivity index (χ3v) is 5.23. The third-order valence-electron chi connectivity index (χ3n) is 4.09. The Kier molecular flexibility index (Phi) is 3.60. The second-order valence-electron chi connectivity index (χ2n) is 5.72. The van der Waals surface area contributed by atoms with Gasteiger partial charge in [-0.1, -0.05) is 11.3 Å². The van der Waals surface area contributed by atoms with Crippen molar-refractivity contribution in [3.63, 3.8) is 0 Å². The number of aromatic nitrogens is 3. The molecule has 7 nitrogen and oxygen atoms in total. The van der Waals surface area contributed by atoms with Crippen LogP contribution in [-0.2, 0) is 4.79 Å². The summed E-state index contributed by atoms with van der Waals surface area (Å²) in [4.78, 5) is 20.4. The van der Waals surface area contributed by atoms with E-state index in [0.717, 1.165) is 22.4 Å². The van der Waals surface area contributed by atoms with E-state index in [4.69, 9.17) is 4.74 Å². The van der Waals surface area contributed by atoms with Crippen LogP contribution in [0.5, 0.6) is 5.88 Å². The molecule has 2 aliphatic rings. The molecular weight excluding hydrogens is 314 g/mol. The molecule has 0 unspecified atom stereocenters. The summed E-state index contributed by atoms with van der Waals surface area (Å²) in [6.45, 7) is 1.68. The highest BCUT2D eigenvalue weighted by Crippen LogP contribution is 2.42. The molecule has 2 aromatic rings. The molecular formula is C15H17N5O2S. The molecule has 1 aliphatic heterocycles. The molecule has 0 spiro atoms. The fraction of sp³-hybridized carbons (Fsp3) is 0.467. The van der Waals surface area contributed by atoms with Gasteiger partial charge < -0.3 is 14.5 Å². The van der Waals surface area contributed by atoms with Crippen LogP contribution in [-0.4, -0.2) is 47.8 Å². The van der Waals surface area contributed by atoms with Gasteiger partial charge >= 0.3 is 0 Å². The van der Waals surface area contributed by atoms with Crippen LogP contribution in [0.25, 0.3) is 0 Å². The van der Waals surface area contributed by atoms with E-state index in [2.05, 4.69) is 15.2 Å². The van der Waals surface area contributed by atoms with Crippen LogP contribution >= 0.6 is 11.3 Å². The van der Waals surface area contributed by atoms with Gasteiger partial charge in [0.05, 0.1) is 19.3 Å². The number of rotatable bonds is 4. The molecule has 0 radical (unpaired) electrons. The zero-order valence-corrected chi connectivity index (χ0v) is 13.6. The van der Waals surface area contributed by atoms with Crippen LogP contribution < -0.4 is 14.5 Å². The van der Waals surface area contributed by atoms with Crippen molar-refractivity contribution in [3.05, 3.63) is 23.3 Å². The average molecular weight is 331 g/mol. The van der Waals surface area contributed by atoms with Gasteiger partial charge in [-0.25, -0.2) is 4.98 Å². The molecule has 120 valence electrons. The Hall–Kier alpha value is -2.22. The van der Waals surface area contributed by atoms with Gasteiger partial charge in [0, 0.05) is 31.3 Å². The number of nitrogens with zero attached hydrogens (tertiary/aromatic N) is 5. The number of piperazine rings is 1. The Morgan fingerprint density at radius 1 is 1.30 bits per heavy atom. The van der Waals surface area contributed by atoms with Gasteiger partial charge in [0.25, 0.3) is 0 Å². The molecule has 2 fully saturated rings. The van der Waals surface area contributed by atoms with Gasteiger partial charge in [-0.3, -0.25) is 4.79 Å². The molecule has 1 saturated heterocycles. The molecule has 0 bridgehead atoms. The lowest BCUT2D eigenvalue weighted by Gasteiger charge is -2.33. The fourth-order valence-corrected chi connectivity index (χ4v) is 3.68. The standard InChI is InChI=1S/C15H17N5O2S/c1-22-12-8-11(4-5-16-12)20-7-6-19(9-13(20)21)15-18-17-14(23-15)10-2-3-10/h4-5,8,10H,2-3,6-7,9H2,1H3. The molecule has 8 heteroatoms. The second kappa shape index (κ2) is 5.77. The maximum atomic E-state index is 12.5. The number of carbonyl (C=O) groups is 1. The normalized spacial score (nSPS) is 18.4. The number of carbonyl (C=O) groups excluding carboxylic acids is 1. The van der Waals surface area contributed by atoms with Gasteiger partial charge in [-0.05, 0) is 18.9 Å². The minimum Gasteiger partial charge on any atom is -0.481 e. The number of ether oxygens (including phenoxy) is 1. The van der Waals surface area contributed by atoms with Crippen LogP contribution in [0.1, 0.15) is 23.8 Å². The third kappa shape index (κ3) is 2.86. The highest BCUT2D eigenvalue weighted by Gasteiger charge is 2.31. The minimum atomic E-state index is 0.0488. The minimum absolute atomic E-state index is 0.0488. The maximum Gasteiger partial charge on any atom is 0.246 e. The molecule has 1 amide bonds. The van der Waals surface area contributed by atoms with Crippen molar-refractivity contribution >= 4 is 28.1 Å². The van der Waals surface area contributed by atoms with Crippen molar-refractivity contribution in [2.24, 2.45) is 0 Å². The van der Waals surface area contributed by atoms with Crippen LogP contribution in [0.3, 0.4) is 0 Å². The van der Waals surface area contributed by atoms with Crippen molar-refractivity contribution in [2.75, 3.05) is 36.5 Å². The predicted octanol–water partition coefficient (Wildman–Crippen LogP) is 1.67. The van der Waals surface area contributed by atoms with E-state index in [-0.39, 0.29) is 5.91 Å². The Balaban J connectivity index is 1.47. The summed E-state index contributed by atoms with van der Waals surface area (Å²) in [5.74, 6) is 1.16. The van der Waals surface area contributed by atoms with E-state index in [1.165, 1.54) is 12.8 Å². The summed E-state index contributed by atoms with van der Waals surface area (Å²) in [7, 11) is 1.57. The van der Waals surface area contributed by atoms with Crippen molar-refractivity contribution in [3.8, 4) is 5.88 Å². The van der Waals surface area contributed by atoms with E-state index in [1.54, 1.807) is 35.6 Å². The Morgan fingerprint density at radius 3 is 2.91 bits per heavy atom. The van der Waals surface area contributed by atoms with Gasteiger partial charge in [0.2, 0.25) is 16.9 Å². The summed E-state index contributed by atoms with van der Waals surface area (Å²) in [5.41, 5.74) is 0.817. The number of hydrogen-bond donors (Lipinski definition) is 0. The number of hydrogen-bond acceptors (Lipinski definition) is 7. The van der Waals surface area contributed by atoms with Crippen molar-refractivity contribution in [1.82, 2.24) is 15.2 Å². The van der Waals surface area contributed by atoms with Crippen molar-refractivity contribution in [2.45, 2.75) is 18.8 Å². The highest BCUT2D eigenvalue weighted by atomic mass is 32.1. The molecule has 1 saturated carbocycles. The van der Waals surface area contributed by atoms with Gasteiger partial charge in [0.15, 0.2) is 0 Å². The maximum absolute atomic E-state index is 12.5. The average Bonchev–Trinajstić information content (AvgIpc) is 3.32. The molecule has 3 heterocycles. The number of methoxy groups -OCH3 is 1. The lowest BCUT2D eigenvalue weighted by atomic mass is 10.2. The lowest BCUT2D eigenvalue weighted by Crippen LogP contribution is -2.50. The van der Waals surface area contributed by atoms with Crippen molar-refractivity contribution < 1.29 is 9.53 Å². The first-order valence-electron chi connectivity index (χ1n) is 7.63. The summed E-state index contributed by atoms with van der Waals surface area (Å²) in [6, 6.07) is 3.61. The van der Waals surface area contributed by atoms with E-state index in [1.807, 2.05) is 11.0 Å². The van der Waals surface area contributed by atoms with E-state index < -0.39 is 0 Å². The highest BCUT2D eigenvalue weighted by molar-refractivity contribution is 7.15. The van der Waals surface area contributed by atoms with Crippen LogP contribution in [0.15, 0.2) is 18.3 Å². The van der Waals surface area contributed by atoms with Crippen molar-refractivity contribution in [1.29, 1.82) is 0 Å². The first-order chi connectivity index (χ1) is 11.2. The zero-order chi connectivity index (χ0) is 15.8. The zero-order valence-electron chi connectivity index (χ0n) is 12.8. The monoisotopic (exact) mass is 331 g/mol. The number of amides is 1. The molecule has 0 aromatic carbocycles. The Morgan fingerprint density at radius 2 is 2.17 bits per heavy atom. The van der Waals surface area contributed by atoms with Gasteiger partial charge in [0.1, 0.15) is 5.01 Å². The Bertz CT molecular complexity index is 730. The van der Waals surface area contributed by atoms with E-state index in [9.17, 15) is 4.79 Å². The van der Waals surface area contributed by atoms with E-state index >= 15 is 0 Å². The summed E-state index contributed by atoms with van der Waals surface area (Å²) < 4.78 is 5.13. The smallest absolute Gasteiger partial charge is 0.246 e. The first kappa shape index (κ1) is 14.4. The molecule has 0 atom stereocenters. The lowest BCUT2D eigenvalue weighted by molar-refractivity contribution is -0.117. The molecule has 1 aliphatic carbocycles. The first-order valence-corrected chi connectivity index (χ1v) is 8.45. The van der Waals surface area contributed by atoms with Gasteiger partial charge in [-0.2, -0.15) is 0 Å². The number of anilines is 2. The fourth-order valence-electron chi connectivity index (χ4n) is 2.64. The predicted molar refractivity (Wildman–Crippen MR) is 87.2 cm³/mol. The molecule has 4 rings (SSSR count). The summed E-state index contributed by atoms with van der Waals surface area (Å²) in [5, 5.41) is 10.5. The second-order valence-corrected chi connectivity index (χ2v) is 6.71. The molecule has 0 N–H and O–H groups in total. The van der Waals surface area contributed by atoms with Crippen LogP contribution in [0.2, 0.25) is 0 Å². The topological polar surface area (TPSA) is 71.5 Å². The number of pyridine rings is 1. The van der Waals surface area contributed by atoms with Gasteiger partial charge in [-0.15, -0.1) is 10.2 Å². The molecule has 23 heavy (non-hydrogen) atoms. The van der Waals surface area contributed by atoms with E-state index in [0.29, 0.717) is 24.9 Å². The quantitative estimate of drug-likeness (QED) is 0.849. The SMILES string of the molecule is COc1cc(N2CCN(c3nnc(C4CC4)s3)CC2=O)ccn1. The molecule has 2 aromatic heterocycles. The largest absolute Gasteiger partial charge is 0.481 e.